The van der Waals surface area contributed by atoms with E-state index in [9.17, 15) is 18.0 Å². The number of halogens is 4. The number of methoxy groups -OCH3 is 2. The Bertz CT molecular complexity index is 1550. The molecule has 0 bridgehead atoms. The Kier molecular flexibility index (Phi) is 7.51. The zero-order valence-electron chi connectivity index (χ0n) is 22.0. The van der Waals surface area contributed by atoms with Crippen molar-refractivity contribution < 1.29 is 31.9 Å². The van der Waals surface area contributed by atoms with E-state index in [-0.39, 0.29) is 18.2 Å². The van der Waals surface area contributed by atoms with Crippen LogP contribution in [-0.4, -0.2) is 36.6 Å². The number of carbonyl (C=O) groups excluding carboxylic acids is 1. The molecule has 0 fully saturated rings. The van der Waals surface area contributed by atoms with E-state index in [0.29, 0.717) is 46.5 Å². The molecule has 0 spiro atoms. The maximum absolute atomic E-state index is 13.8. The van der Waals surface area contributed by atoms with Crippen LogP contribution in [0.25, 0.3) is 11.5 Å². The minimum atomic E-state index is -4.44. The molecule has 0 radical (unpaired) electrons. The number of amides is 1. The molecule has 1 amide bonds. The number of aromatic nitrogens is 1. The van der Waals surface area contributed by atoms with E-state index in [0.717, 1.165) is 28.8 Å². The number of hydrogen-bond donors (Lipinski definition) is 0. The van der Waals surface area contributed by atoms with E-state index in [1.165, 1.54) is 12.1 Å². The topological polar surface area (TPSA) is 64.8 Å². The van der Waals surface area contributed by atoms with E-state index in [2.05, 4.69) is 4.98 Å². The lowest BCUT2D eigenvalue weighted by atomic mass is 9.87. The molecule has 0 saturated heterocycles. The van der Waals surface area contributed by atoms with Crippen LogP contribution in [0.3, 0.4) is 0 Å². The van der Waals surface area contributed by atoms with Gasteiger partial charge in [0.2, 0.25) is 11.8 Å². The van der Waals surface area contributed by atoms with Gasteiger partial charge in [-0.3, -0.25) is 4.79 Å². The highest BCUT2D eigenvalue weighted by Gasteiger charge is 2.35. The number of alkyl halides is 3. The lowest BCUT2D eigenvalue weighted by molar-refractivity contribution is -0.137. The van der Waals surface area contributed by atoms with Gasteiger partial charge in [-0.2, -0.15) is 13.2 Å². The van der Waals surface area contributed by atoms with Crippen molar-refractivity contribution in [1.29, 1.82) is 0 Å². The van der Waals surface area contributed by atoms with Crippen LogP contribution in [0.15, 0.2) is 65.1 Å². The molecule has 1 aromatic heterocycles. The van der Waals surface area contributed by atoms with Gasteiger partial charge in [-0.25, -0.2) is 4.98 Å². The molecule has 0 N–H and O–H groups in total. The molecule has 3 aromatic carbocycles. The average Bonchev–Trinajstić information content (AvgIpc) is 3.31. The summed E-state index contributed by atoms with van der Waals surface area (Å²) in [4.78, 5) is 20.0. The highest BCUT2D eigenvalue weighted by molar-refractivity contribution is 6.31. The van der Waals surface area contributed by atoms with Crippen molar-refractivity contribution in [2.24, 2.45) is 0 Å². The van der Waals surface area contributed by atoms with Gasteiger partial charge in [0.15, 0.2) is 11.5 Å². The Morgan fingerprint density at radius 3 is 2.38 bits per heavy atom. The Labute approximate surface area is 234 Å². The highest BCUT2D eigenvalue weighted by atomic mass is 35.5. The number of fused-ring (bicyclic) bond motifs is 1. The van der Waals surface area contributed by atoms with Crippen LogP contribution in [0, 0.1) is 6.92 Å². The van der Waals surface area contributed by atoms with Gasteiger partial charge in [-0.15, -0.1) is 0 Å². The largest absolute Gasteiger partial charge is 0.493 e. The van der Waals surface area contributed by atoms with E-state index >= 15 is 0 Å². The Hall–Kier alpha value is -3.98. The summed E-state index contributed by atoms with van der Waals surface area (Å²) in [5.74, 6) is 1.52. The summed E-state index contributed by atoms with van der Waals surface area (Å²) < 4.78 is 55.7. The van der Waals surface area contributed by atoms with Gasteiger partial charge >= 0.3 is 6.18 Å². The van der Waals surface area contributed by atoms with Gasteiger partial charge in [0.1, 0.15) is 5.76 Å². The minimum absolute atomic E-state index is 0.0560. The molecule has 1 aliphatic rings. The van der Waals surface area contributed by atoms with Crippen LogP contribution in [0.2, 0.25) is 5.02 Å². The molecule has 1 atom stereocenters. The minimum Gasteiger partial charge on any atom is -0.493 e. The average molecular weight is 571 g/mol. The molecular formula is C30H26ClF3N2O4. The number of oxazole rings is 1. The molecule has 4 aromatic rings. The number of nitrogens with zero attached hydrogens (tertiary/aromatic N) is 2. The van der Waals surface area contributed by atoms with Crippen molar-refractivity contribution in [3.05, 3.63) is 99.4 Å². The summed E-state index contributed by atoms with van der Waals surface area (Å²) in [5, 5.41) is 0.523. The molecule has 1 aliphatic heterocycles. The maximum atomic E-state index is 13.8. The first-order chi connectivity index (χ1) is 19.1. The second-order valence-electron chi connectivity index (χ2n) is 9.44. The third kappa shape index (κ3) is 5.25. The summed E-state index contributed by atoms with van der Waals surface area (Å²) in [6.07, 6.45) is -3.90. The number of aryl methyl sites for hydroxylation is 1. The third-order valence-electron chi connectivity index (χ3n) is 7.06. The van der Waals surface area contributed by atoms with E-state index in [1.54, 1.807) is 32.1 Å². The van der Waals surface area contributed by atoms with E-state index in [4.69, 9.17) is 25.5 Å². The third-order valence-corrected chi connectivity index (χ3v) is 7.41. The molecule has 40 heavy (non-hydrogen) atoms. The maximum Gasteiger partial charge on any atom is 0.416 e. The molecule has 5 rings (SSSR count). The molecule has 0 saturated carbocycles. The summed E-state index contributed by atoms with van der Waals surface area (Å²) in [7, 11) is 3.13. The first-order valence-corrected chi connectivity index (χ1v) is 12.9. The normalized spacial score (nSPS) is 15.1. The molecular weight excluding hydrogens is 545 g/mol. The van der Waals surface area contributed by atoms with Crippen LogP contribution >= 0.6 is 11.6 Å². The van der Waals surface area contributed by atoms with Crippen LogP contribution in [0.5, 0.6) is 11.5 Å². The van der Waals surface area contributed by atoms with Gasteiger partial charge in [0.25, 0.3) is 0 Å². The quantitative estimate of drug-likeness (QED) is 0.248. The highest BCUT2D eigenvalue weighted by Crippen LogP contribution is 2.43. The molecule has 0 aliphatic carbocycles. The fraction of sp³-hybridized carbons (Fsp3) is 0.267. The van der Waals surface area contributed by atoms with Crippen molar-refractivity contribution >= 4 is 17.5 Å². The van der Waals surface area contributed by atoms with Crippen molar-refractivity contribution in [3.63, 3.8) is 0 Å². The van der Waals surface area contributed by atoms with Crippen molar-refractivity contribution in [1.82, 2.24) is 9.88 Å². The number of carbonyl (C=O) groups is 1. The van der Waals surface area contributed by atoms with E-state index in [1.807, 2.05) is 30.3 Å². The standard InChI is InChI=1S/C30H26ClF3N2O4/c1-17-24(35-29(40-17)18-8-10-20(11-9-18)30(32,33)34)16-27(37)36-13-12-19-14-25(38-2)26(39-3)15-22(19)28(36)21-6-4-5-7-23(21)31/h4-11,14-15,28H,12-13,16H2,1-3H3. The predicted octanol–water partition coefficient (Wildman–Crippen LogP) is 7.06. The second-order valence-corrected chi connectivity index (χ2v) is 9.85. The molecule has 208 valence electrons. The van der Waals surface area contributed by atoms with Gasteiger partial charge in [-0.05, 0) is 72.5 Å². The van der Waals surface area contributed by atoms with Crippen LogP contribution in [-0.2, 0) is 23.8 Å². The fourth-order valence-corrected chi connectivity index (χ4v) is 5.25. The number of benzene rings is 3. The number of ether oxygens (including phenoxy) is 2. The summed E-state index contributed by atoms with van der Waals surface area (Å²) in [5.41, 5.74) is 2.71. The summed E-state index contributed by atoms with van der Waals surface area (Å²) in [6, 6.07) is 15.3. The zero-order chi connectivity index (χ0) is 28.6. The van der Waals surface area contributed by atoms with Crippen molar-refractivity contribution in [2.75, 3.05) is 20.8 Å². The smallest absolute Gasteiger partial charge is 0.416 e. The SMILES string of the molecule is COc1cc2c(cc1OC)C(c1ccccc1Cl)N(C(=O)Cc1nc(-c3ccc(C(F)(F)F)cc3)oc1C)CC2. The fourth-order valence-electron chi connectivity index (χ4n) is 5.01. The van der Waals surface area contributed by atoms with Crippen molar-refractivity contribution in [3.8, 4) is 23.0 Å². The van der Waals surface area contributed by atoms with Gasteiger partial charge in [0.05, 0.1) is 37.9 Å². The van der Waals surface area contributed by atoms with Gasteiger partial charge < -0.3 is 18.8 Å². The van der Waals surface area contributed by atoms with Crippen LogP contribution in [0.1, 0.15) is 39.7 Å². The lowest BCUT2D eigenvalue weighted by Gasteiger charge is -2.38. The Morgan fingerprint density at radius 1 is 1.05 bits per heavy atom. The van der Waals surface area contributed by atoms with Crippen LogP contribution < -0.4 is 9.47 Å². The predicted molar refractivity (Wildman–Crippen MR) is 144 cm³/mol. The van der Waals surface area contributed by atoms with Gasteiger partial charge in [-0.1, -0.05) is 29.8 Å². The molecule has 10 heteroatoms. The zero-order valence-corrected chi connectivity index (χ0v) is 22.8. The monoisotopic (exact) mass is 570 g/mol. The van der Waals surface area contributed by atoms with Crippen LogP contribution in [0.4, 0.5) is 13.2 Å². The summed E-state index contributed by atoms with van der Waals surface area (Å²) in [6.45, 7) is 2.11. The summed E-state index contributed by atoms with van der Waals surface area (Å²) >= 11 is 6.63. The van der Waals surface area contributed by atoms with Gasteiger partial charge in [0, 0.05) is 17.1 Å². The first-order valence-electron chi connectivity index (χ1n) is 12.5. The number of rotatable bonds is 6. The Balaban J connectivity index is 1.47. The Morgan fingerprint density at radius 2 is 1.73 bits per heavy atom. The van der Waals surface area contributed by atoms with Crippen molar-refractivity contribution in [2.45, 2.75) is 32.0 Å². The number of hydrogen-bond acceptors (Lipinski definition) is 5. The first kappa shape index (κ1) is 27.6. The molecule has 1 unspecified atom stereocenters. The molecule has 2 heterocycles. The van der Waals surface area contributed by atoms with E-state index < -0.39 is 17.8 Å². The lowest BCUT2D eigenvalue weighted by Crippen LogP contribution is -2.41. The second kappa shape index (κ2) is 10.9. The molecule has 6 nitrogen and oxygen atoms in total.